The molecule has 2 heterocycles. The van der Waals surface area contributed by atoms with Gasteiger partial charge in [0.2, 0.25) is 0 Å². The maximum absolute atomic E-state index is 12.0. The average Bonchev–Trinajstić information content (AvgIpc) is 2.65. The number of benzene rings is 1. The molecule has 2 aliphatic heterocycles. The molecule has 158 valence electrons. The number of fused-ring (bicyclic) bond motifs is 3. The Bertz CT molecular complexity index is 1060. The summed E-state index contributed by atoms with van der Waals surface area (Å²) < 4.78 is 40.9. The SMILES string of the molecule is NS(=O)(=O)OC(=O)/C=C/C(=O)OC1NC2OC(=O)/C=C/C(=O)OC2c2ccccc21. The molecule has 0 aromatic heterocycles. The molecule has 0 radical (unpaired) electrons. The molecule has 1 aromatic rings. The molecule has 3 N–H and O–H groups in total. The third-order valence-electron chi connectivity index (χ3n) is 3.81. The first-order valence-electron chi connectivity index (χ1n) is 8.21. The van der Waals surface area contributed by atoms with Gasteiger partial charge in [0.1, 0.15) is 0 Å². The maximum Gasteiger partial charge on any atom is 0.382 e. The van der Waals surface area contributed by atoms with Crippen molar-refractivity contribution >= 4 is 34.2 Å². The lowest BCUT2D eigenvalue weighted by molar-refractivity contribution is -0.177. The van der Waals surface area contributed by atoms with Crippen LogP contribution < -0.4 is 10.5 Å². The van der Waals surface area contributed by atoms with E-state index in [1.165, 1.54) is 0 Å². The lowest BCUT2D eigenvalue weighted by atomic mass is 9.95. The van der Waals surface area contributed by atoms with Crippen molar-refractivity contribution < 1.29 is 46.0 Å². The fourth-order valence-corrected chi connectivity index (χ4v) is 3.00. The molecule has 3 atom stereocenters. The van der Waals surface area contributed by atoms with E-state index in [9.17, 15) is 27.6 Å². The van der Waals surface area contributed by atoms with Gasteiger partial charge in [-0.2, -0.15) is 13.6 Å². The van der Waals surface area contributed by atoms with E-state index < -0.39 is 52.7 Å². The number of rotatable bonds is 4. The zero-order chi connectivity index (χ0) is 21.9. The maximum atomic E-state index is 12.0. The zero-order valence-corrected chi connectivity index (χ0v) is 15.7. The van der Waals surface area contributed by atoms with Crippen LogP contribution >= 0.6 is 0 Å². The van der Waals surface area contributed by atoms with E-state index in [1.807, 2.05) is 0 Å². The number of nitrogens with two attached hydrogens (primary N) is 1. The Kier molecular flexibility index (Phi) is 5.96. The summed E-state index contributed by atoms with van der Waals surface area (Å²) in [6.07, 6.45) is -0.374. The van der Waals surface area contributed by atoms with Crippen LogP contribution in [0.2, 0.25) is 0 Å². The van der Waals surface area contributed by atoms with Crippen molar-refractivity contribution in [1.82, 2.24) is 5.32 Å². The first-order chi connectivity index (χ1) is 14.1. The van der Waals surface area contributed by atoms with E-state index in [-0.39, 0.29) is 0 Å². The molecule has 3 rings (SSSR count). The highest BCUT2D eigenvalue weighted by Crippen LogP contribution is 2.36. The second-order valence-corrected chi connectivity index (χ2v) is 7.04. The van der Waals surface area contributed by atoms with Crippen LogP contribution in [0.25, 0.3) is 0 Å². The van der Waals surface area contributed by atoms with E-state index in [2.05, 4.69) is 14.6 Å². The van der Waals surface area contributed by atoms with Crippen LogP contribution in [0.1, 0.15) is 23.5 Å². The number of carbonyl (C=O) groups is 4. The van der Waals surface area contributed by atoms with Crippen LogP contribution in [0, 0.1) is 0 Å². The number of hydrogen-bond donors (Lipinski definition) is 2. The van der Waals surface area contributed by atoms with E-state index in [1.54, 1.807) is 24.3 Å². The molecule has 0 bridgehead atoms. The highest BCUT2D eigenvalue weighted by atomic mass is 32.2. The molecule has 3 unspecified atom stereocenters. The van der Waals surface area contributed by atoms with Gasteiger partial charge in [0.15, 0.2) is 18.6 Å². The second kappa shape index (κ2) is 8.44. The molecule has 0 fully saturated rings. The summed E-state index contributed by atoms with van der Waals surface area (Å²) >= 11 is 0. The molecular weight excluding hydrogens is 424 g/mol. The molecule has 0 amide bonds. The fourth-order valence-electron chi connectivity index (χ4n) is 2.72. The topological polar surface area (TPSA) is 177 Å². The van der Waals surface area contributed by atoms with E-state index >= 15 is 0 Å². The Hall–Kier alpha value is -3.55. The van der Waals surface area contributed by atoms with Gasteiger partial charge in [-0.1, -0.05) is 24.3 Å². The van der Waals surface area contributed by atoms with Crippen LogP contribution in [0.4, 0.5) is 0 Å². The van der Waals surface area contributed by atoms with Crippen molar-refractivity contribution in [3.63, 3.8) is 0 Å². The van der Waals surface area contributed by atoms with Gasteiger partial charge in [-0.3, -0.25) is 0 Å². The smallest absolute Gasteiger partial charge is 0.382 e. The van der Waals surface area contributed by atoms with Gasteiger partial charge < -0.3 is 18.4 Å². The average molecular weight is 438 g/mol. The van der Waals surface area contributed by atoms with E-state index in [0.29, 0.717) is 23.3 Å². The number of ether oxygens (including phenoxy) is 3. The Morgan fingerprint density at radius 2 is 1.60 bits per heavy atom. The summed E-state index contributed by atoms with van der Waals surface area (Å²) in [6, 6.07) is 6.46. The molecule has 0 aliphatic carbocycles. The molecular formula is C17H14N2O10S. The van der Waals surface area contributed by atoms with Gasteiger partial charge >= 0.3 is 34.2 Å². The largest absolute Gasteiger partial charge is 0.449 e. The van der Waals surface area contributed by atoms with Crippen LogP contribution in [-0.2, 0) is 47.9 Å². The summed E-state index contributed by atoms with van der Waals surface area (Å²) in [7, 11) is -4.53. The number of esters is 3. The third-order valence-corrected chi connectivity index (χ3v) is 4.20. The molecule has 0 spiro atoms. The third kappa shape index (κ3) is 5.28. The molecule has 30 heavy (non-hydrogen) atoms. The van der Waals surface area contributed by atoms with Crippen molar-refractivity contribution in [1.29, 1.82) is 0 Å². The summed E-state index contributed by atoms with van der Waals surface area (Å²) in [5.41, 5.74) is 0.828. The van der Waals surface area contributed by atoms with Gasteiger partial charge in [0, 0.05) is 35.4 Å². The van der Waals surface area contributed by atoms with Crippen LogP contribution in [0.3, 0.4) is 0 Å². The molecule has 12 nitrogen and oxygen atoms in total. The van der Waals surface area contributed by atoms with Gasteiger partial charge in [-0.15, -0.1) is 0 Å². The molecule has 13 heteroatoms. The summed E-state index contributed by atoms with van der Waals surface area (Å²) in [6.45, 7) is 0. The van der Waals surface area contributed by atoms with Crippen molar-refractivity contribution in [3.8, 4) is 0 Å². The lowest BCUT2D eigenvalue weighted by Crippen LogP contribution is -2.48. The predicted molar refractivity (Wildman–Crippen MR) is 94.6 cm³/mol. The Morgan fingerprint density at radius 3 is 2.27 bits per heavy atom. The van der Waals surface area contributed by atoms with Crippen LogP contribution in [-0.4, -0.2) is 38.5 Å². The predicted octanol–water partition coefficient (Wildman–Crippen LogP) is -0.842. The fraction of sp³-hybridized carbons (Fsp3) is 0.176. The minimum absolute atomic E-state index is 0.404. The number of hydrogen-bond acceptors (Lipinski definition) is 11. The normalized spacial score (nSPS) is 24.4. The van der Waals surface area contributed by atoms with Crippen LogP contribution in [0.5, 0.6) is 0 Å². The second-order valence-electron chi connectivity index (χ2n) is 5.89. The standard InChI is InChI=1S/C17H14N2O10S/c18-30(24,25)29-14(23)8-7-12(21)27-16-10-4-2-1-3-9(10)15-17(19-16)28-13(22)6-5-11(20)26-15/h1-8,15-17,19H,(H2,18,24,25)/b6-5+,8-7+. The molecule has 0 saturated carbocycles. The quantitative estimate of drug-likeness (QED) is 0.340. The highest BCUT2D eigenvalue weighted by molar-refractivity contribution is 7.84. The van der Waals surface area contributed by atoms with E-state index in [0.717, 1.165) is 12.2 Å². The van der Waals surface area contributed by atoms with Crippen molar-refractivity contribution in [2.75, 3.05) is 0 Å². The zero-order valence-electron chi connectivity index (χ0n) is 14.9. The minimum atomic E-state index is -4.53. The Morgan fingerprint density at radius 1 is 1.00 bits per heavy atom. The number of carbonyl (C=O) groups excluding carboxylic acids is 4. The highest BCUT2D eigenvalue weighted by Gasteiger charge is 2.41. The number of nitrogens with one attached hydrogen (secondary N) is 1. The first kappa shape index (κ1) is 21.2. The summed E-state index contributed by atoms with van der Waals surface area (Å²) in [5, 5.41) is 7.26. The van der Waals surface area contributed by atoms with E-state index in [4.69, 9.17) is 14.2 Å². The molecule has 1 aromatic carbocycles. The van der Waals surface area contributed by atoms with Crippen molar-refractivity contribution in [3.05, 3.63) is 59.7 Å². The Labute approximate surface area is 169 Å². The van der Waals surface area contributed by atoms with Gasteiger partial charge in [-0.25, -0.2) is 24.5 Å². The minimum Gasteiger partial charge on any atom is -0.449 e. The summed E-state index contributed by atoms with van der Waals surface area (Å²) in [5.74, 6) is -4.03. The lowest BCUT2D eigenvalue weighted by Gasteiger charge is -2.37. The molecule has 0 saturated heterocycles. The first-order valence-corrected chi connectivity index (χ1v) is 9.68. The van der Waals surface area contributed by atoms with Crippen molar-refractivity contribution in [2.24, 2.45) is 5.14 Å². The molecule has 2 aliphatic rings. The van der Waals surface area contributed by atoms with Gasteiger partial charge in [0.05, 0.1) is 0 Å². The van der Waals surface area contributed by atoms with Gasteiger partial charge in [0.25, 0.3) is 0 Å². The van der Waals surface area contributed by atoms with Crippen molar-refractivity contribution in [2.45, 2.75) is 18.6 Å². The van der Waals surface area contributed by atoms with Crippen LogP contribution in [0.15, 0.2) is 48.6 Å². The summed E-state index contributed by atoms with van der Waals surface area (Å²) in [4.78, 5) is 46.9. The van der Waals surface area contributed by atoms with Gasteiger partial charge in [-0.05, 0) is 0 Å². The monoisotopic (exact) mass is 438 g/mol. The Balaban J connectivity index is 1.80.